The van der Waals surface area contributed by atoms with Crippen LogP contribution >= 0.6 is 0 Å². The van der Waals surface area contributed by atoms with E-state index in [0.29, 0.717) is 17.0 Å². The van der Waals surface area contributed by atoms with Crippen molar-refractivity contribution >= 4 is 11.9 Å². The first-order valence-corrected chi connectivity index (χ1v) is 4.58. The lowest BCUT2D eigenvalue weighted by molar-refractivity contribution is 0.112. The number of aromatic nitrogens is 1. The molecule has 1 aromatic heterocycles. The van der Waals surface area contributed by atoms with Gasteiger partial charge >= 0.3 is 0 Å². The zero-order chi connectivity index (χ0) is 11.3. The third-order valence-corrected chi connectivity index (χ3v) is 1.99. The molecular weight excluding hydrogens is 190 g/mol. The molecule has 0 saturated carbocycles. The molecule has 0 radical (unpaired) electrons. The van der Waals surface area contributed by atoms with Gasteiger partial charge < -0.3 is 4.52 Å². The maximum atomic E-state index is 10.8. The molecule has 0 spiro atoms. The van der Waals surface area contributed by atoms with E-state index < -0.39 is 0 Å². The molecule has 0 atom stereocenters. The number of aryl methyl sites for hydroxylation is 1. The van der Waals surface area contributed by atoms with Crippen LogP contribution in [0.5, 0.6) is 0 Å². The Morgan fingerprint density at radius 1 is 1.47 bits per heavy atom. The number of nitrogens with zero attached hydrogens (tertiary/aromatic N) is 1. The van der Waals surface area contributed by atoms with E-state index >= 15 is 0 Å². The maximum Gasteiger partial charge on any atom is 0.155 e. The molecule has 3 nitrogen and oxygen atoms in total. The predicted molar refractivity (Wildman–Crippen MR) is 59.6 cm³/mol. The summed E-state index contributed by atoms with van der Waals surface area (Å²) in [5, 5.41) is 3.83. The van der Waals surface area contributed by atoms with E-state index in [1.54, 1.807) is 19.1 Å². The van der Waals surface area contributed by atoms with Gasteiger partial charge in [-0.15, -0.1) is 0 Å². The van der Waals surface area contributed by atoms with Gasteiger partial charge in [-0.1, -0.05) is 36.0 Å². The minimum atomic E-state index is 0.510. The van der Waals surface area contributed by atoms with Crippen LogP contribution in [0.25, 0.3) is 5.57 Å². The van der Waals surface area contributed by atoms with Gasteiger partial charge in [-0.2, -0.15) is 0 Å². The number of carbonyl (C=O) groups excluding carboxylic acids is 1. The van der Waals surface area contributed by atoms with Crippen LogP contribution in [-0.2, 0) is 0 Å². The summed E-state index contributed by atoms with van der Waals surface area (Å²) < 4.78 is 4.95. The fourth-order valence-electron chi connectivity index (χ4n) is 1.16. The van der Waals surface area contributed by atoms with Crippen LogP contribution in [0.3, 0.4) is 0 Å². The Bertz CT molecular complexity index is 425. The number of allylic oxidation sites excluding steroid dienone is 5. The van der Waals surface area contributed by atoms with Gasteiger partial charge in [0.25, 0.3) is 0 Å². The Hall–Kier alpha value is -1.90. The van der Waals surface area contributed by atoms with Gasteiger partial charge in [0, 0.05) is 0 Å². The maximum absolute atomic E-state index is 10.8. The summed E-state index contributed by atoms with van der Waals surface area (Å²) in [5.41, 5.74) is 1.99. The average molecular weight is 203 g/mol. The van der Waals surface area contributed by atoms with Crippen molar-refractivity contribution in [3.8, 4) is 0 Å². The van der Waals surface area contributed by atoms with E-state index in [4.69, 9.17) is 4.52 Å². The van der Waals surface area contributed by atoms with Crippen molar-refractivity contribution in [3.05, 3.63) is 47.9 Å². The van der Waals surface area contributed by atoms with Crippen molar-refractivity contribution in [2.24, 2.45) is 0 Å². The summed E-state index contributed by atoms with van der Waals surface area (Å²) in [5.74, 6) is 0.542. The van der Waals surface area contributed by atoms with Gasteiger partial charge in [-0.3, -0.25) is 4.79 Å². The average Bonchev–Trinajstić information content (AvgIpc) is 2.59. The molecule has 0 aromatic carbocycles. The summed E-state index contributed by atoms with van der Waals surface area (Å²) >= 11 is 0. The molecule has 0 unspecified atom stereocenters. The fraction of sp³-hybridized carbons (Fsp3) is 0.167. The lowest BCUT2D eigenvalue weighted by Crippen LogP contribution is -1.87. The predicted octanol–water partition coefficient (Wildman–Crippen LogP) is 2.94. The Morgan fingerprint density at radius 3 is 2.80 bits per heavy atom. The molecule has 0 saturated heterocycles. The summed E-state index contributed by atoms with van der Waals surface area (Å²) in [6.07, 6.45) is 7.93. The molecule has 15 heavy (non-hydrogen) atoms. The Kier molecular flexibility index (Phi) is 3.80. The van der Waals surface area contributed by atoms with Crippen molar-refractivity contribution in [3.63, 3.8) is 0 Å². The molecule has 0 fully saturated rings. The quantitative estimate of drug-likeness (QED) is 0.558. The van der Waals surface area contributed by atoms with Gasteiger partial charge in [0.2, 0.25) is 0 Å². The molecule has 0 bridgehead atoms. The summed E-state index contributed by atoms with van der Waals surface area (Å²) in [6.45, 7) is 7.15. The highest BCUT2D eigenvalue weighted by Gasteiger charge is 2.12. The van der Waals surface area contributed by atoms with Gasteiger partial charge in [0.1, 0.15) is 11.5 Å². The smallest absolute Gasteiger partial charge is 0.155 e. The molecule has 0 N–H and O–H groups in total. The highest BCUT2D eigenvalue weighted by atomic mass is 16.5. The van der Waals surface area contributed by atoms with Crippen molar-refractivity contribution in [1.82, 2.24) is 5.16 Å². The number of rotatable bonds is 4. The molecule has 0 aliphatic carbocycles. The second-order valence-corrected chi connectivity index (χ2v) is 3.09. The van der Waals surface area contributed by atoms with Crippen molar-refractivity contribution in [2.75, 3.05) is 0 Å². The second-order valence-electron chi connectivity index (χ2n) is 3.09. The molecule has 3 heteroatoms. The van der Waals surface area contributed by atoms with Crippen LogP contribution < -0.4 is 0 Å². The van der Waals surface area contributed by atoms with Gasteiger partial charge in [-0.25, -0.2) is 0 Å². The van der Waals surface area contributed by atoms with Crippen LogP contribution in [0.4, 0.5) is 0 Å². The van der Waals surface area contributed by atoms with E-state index in [2.05, 4.69) is 11.7 Å². The third-order valence-electron chi connectivity index (χ3n) is 1.99. The van der Waals surface area contributed by atoms with Crippen LogP contribution in [0.1, 0.15) is 28.7 Å². The van der Waals surface area contributed by atoms with E-state index in [1.807, 2.05) is 19.1 Å². The first-order valence-electron chi connectivity index (χ1n) is 4.58. The molecule has 0 aliphatic rings. The molecule has 0 aliphatic heterocycles. The van der Waals surface area contributed by atoms with E-state index in [1.165, 1.54) is 0 Å². The monoisotopic (exact) mass is 203 g/mol. The summed E-state index contributed by atoms with van der Waals surface area (Å²) in [7, 11) is 0. The minimum Gasteiger partial charge on any atom is -0.360 e. The van der Waals surface area contributed by atoms with Crippen LogP contribution in [-0.4, -0.2) is 11.4 Å². The van der Waals surface area contributed by atoms with Crippen LogP contribution in [0.2, 0.25) is 0 Å². The topological polar surface area (TPSA) is 43.1 Å². The van der Waals surface area contributed by atoms with Gasteiger partial charge in [0.05, 0.1) is 5.56 Å². The number of hydrogen-bond donors (Lipinski definition) is 0. The first-order chi connectivity index (χ1) is 7.20. The number of aldehydes is 1. The van der Waals surface area contributed by atoms with Crippen molar-refractivity contribution < 1.29 is 9.32 Å². The van der Waals surface area contributed by atoms with Crippen molar-refractivity contribution in [1.29, 1.82) is 0 Å². The normalized spacial score (nSPS) is 12.0. The molecule has 0 amide bonds. The summed E-state index contributed by atoms with van der Waals surface area (Å²) in [4.78, 5) is 10.8. The van der Waals surface area contributed by atoms with Crippen molar-refractivity contribution in [2.45, 2.75) is 13.8 Å². The van der Waals surface area contributed by atoms with Crippen LogP contribution in [0.15, 0.2) is 35.4 Å². The number of hydrogen-bond acceptors (Lipinski definition) is 3. The number of carbonyl (C=O) groups is 1. The van der Waals surface area contributed by atoms with E-state index in [9.17, 15) is 4.79 Å². The lowest BCUT2D eigenvalue weighted by atomic mass is 10.1. The van der Waals surface area contributed by atoms with Gasteiger partial charge in [0.15, 0.2) is 6.29 Å². The van der Waals surface area contributed by atoms with Gasteiger partial charge in [-0.05, 0) is 19.4 Å². The zero-order valence-electron chi connectivity index (χ0n) is 8.86. The Balaban J connectivity index is 3.05. The Morgan fingerprint density at radius 2 is 2.20 bits per heavy atom. The Labute approximate surface area is 88.8 Å². The molecular formula is C12H13NO2. The highest BCUT2D eigenvalue weighted by Crippen LogP contribution is 2.19. The van der Waals surface area contributed by atoms with E-state index in [0.717, 1.165) is 11.9 Å². The largest absolute Gasteiger partial charge is 0.360 e. The lowest BCUT2D eigenvalue weighted by Gasteiger charge is -1.93. The fourth-order valence-corrected chi connectivity index (χ4v) is 1.16. The SMILES string of the molecule is C=C/C=C\C=C(/C)c1noc(C)c1C=O. The second kappa shape index (κ2) is 5.10. The molecule has 1 aromatic rings. The minimum absolute atomic E-state index is 0.510. The third kappa shape index (κ3) is 2.53. The molecule has 78 valence electrons. The van der Waals surface area contributed by atoms with Crippen LogP contribution in [0, 0.1) is 6.92 Å². The molecule has 1 rings (SSSR count). The summed E-state index contributed by atoms with van der Waals surface area (Å²) in [6, 6.07) is 0. The zero-order valence-corrected chi connectivity index (χ0v) is 8.86. The molecule has 1 heterocycles. The standard InChI is InChI=1S/C12H13NO2/c1-4-5-6-7-9(2)12-11(8-14)10(3)15-13-12/h4-8H,1H2,2-3H3/b6-5-,9-7+. The van der Waals surface area contributed by atoms with E-state index in [-0.39, 0.29) is 0 Å². The highest BCUT2D eigenvalue weighted by molar-refractivity contribution is 5.84. The first kappa shape index (κ1) is 11.2.